The number of carbonyl (C=O) groups excluding carboxylic acids is 6. The molecule has 0 aromatic rings. The Hall–Kier alpha value is -3.34. The smallest absolute Gasteiger partial charge is 0.341 e. The largest absolute Gasteiger partial charge is 0.469 e. The average Bonchev–Trinajstić information content (AvgIpc) is 2.74. The molecule has 1 atom stereocenters. The molecular formula is C19H24O11. The number of Topliss-reactive ketones (excluding diaryl/α,β-unsaturated/α-hetero) is 2. The zero-order chi connectivity index (χ0) is 23.3. The number of hydrogen-bond acceptors (Lipinski definition) is 11. The third-order valence-electron chi connectivity index (χ3n) is 3.69. The minimum absolute atomic E-state index is 0.153. The molecule has 166 valence electrons. The number of ether oxygens (including phenoxy) is 5. The monoisotopic (exact) mass is 428 g/mol. The van der Waals surface area contributed by atoms with Crippen LogP contribution in [0.25, 0.3) is 0 Å². The van der Waals surface area contributed by atoms with Crippen molar-refractivity contribution in [3.63, 3.8) is 0 Å². The highest BCUT2D eigenvalue weighted by atomic mass is 16.5. The first kappa shape index (κ1) is 26.7. The van der Waals surface area contributed by atoms with Gasteiger partial charge in [-0.05, 0) is 12.5 Å². The fourth-order valence-corrected chi connectivity index (χ4v) is 2.05. The highest BCUT2D eigenvalue weighted by Gasteiger charge is 2.25. The van der Waals surface area contributed by atoms with Gasteiger partial charge in [-0.2, -0.15) is 0 Å². The number of rotatable bonds is 12. The molecule has 0 aliphatic carbocycles. The normalized spacial score (nSPS) is 12.4. The lowest BCUT2D eigenvalue weighted by Crippen LogP contribution is -2.22. The van der Waals surface area contributed by atoms with Crippen LogP contribution >= 0.6 is 0 Å². The summed E-state index contributed by atoms with van der Waals surface area (Å²) in [7, 11) is 5.52. The molecule has 0 aromatic carbocycles. The molecule has 0 heterocycles. The zero-order valence-electron chi connectivity index (χ0n) is 17.3. The molecule has 0 bridgehead atoms. The second kappa shape index (κ2) is 13.8. The van der Waals surface area contributed by atoms with Gasteiger partial charge in [0.05, 0.1) is 40.1 Å². The zero-order valence-corrected chi connectivity index (χ0v) is 17.3. The first-order valence-electron chi connectivity index (χ1n) is 8.46. The van der Waals surface area contributed by atoms with Gasteiger partial charge in [-0.25, -0.2) is 9.59 Å². The van der Waals surface area contributed by atoms with Gasteiger partial charge in [0.2, 0.25) is 0 Å². The highest BCUT2D eigenvalue weighted by molar-refractivity contribution is 6.21. The van der Waals surface area contributed by atoms with E-state index < -0.39 is 65.5 Å². The van der Waals surface area contributed by atoms with Gasteiger partial charge in [-0.15, -0.1) is 0 Å². The van der Waals surface area contributed by atoms with Gasteiger partial charge in [0.1, 0.15) is 18.4 Å². The molecule has 0 fully saturated rings. The lowest BCUT2D eigenvalue weighted by Gasteiger charge is -2.12. The topological polar surface area (TPSA) is 149 Å². The summed E-state index contributed by atoms with van der Waals surface area (Å²) < 4.78 is 23.0. The van der Waals surface area contributed by atoms with Gasteiger partial charge in [-0.3, -0.25) is 19.2 Å². The second-order valence-electron chi connectivity index (χ2n) is 5.54. The van der Waals surface area contributed by atoms with Crippen LogP contribution in [0.1, 0.15) is 19.3 Å². The predicted molar refractivity (Wildman–Crippen MR) is 98.9 cm³/mol. The SMILES string of the molecule is COC(=O)CC(=O)/C(=C/C[C@@H](/C=C(\C(=O)CC(=O)OC)C(=O)OC)OC)C(=O)OC. The average molecular weight is 428 g/mol. The summed E-state index contributed by atoms with van der Waals surface area (Å²) in [5.41, 5.74) is -0.900. The molecule has 0 saturated heterocycles. The van der Waals surface area contributed by atoms with Crippen LogP contribution < -0.4 is 0 Å². The van der Waals surface area contributed by atoms with Gasteiger partial charge in [0.25, 0.3) is 0 Å². The van der Waals surface area contributed by atoms with Crippen LogP contribution in [0.5, 0.6) is 0 Å². The molecule has 0 aromatic heterocycles. The van der Waals surface area contributed by atoms with E-state index in [-0.39, 0.29) is 6.42 Å². The van der Waals surface area contributed by atoms with Gasteiger partial charge in [0, 0.05) is 7.11 Å². The molecule has 0 spiro atoms. The Labute approximate surface area is 172 Å². The number of carbonyl (C=O) groups is 6. The van der Waals surface area contributed by atoms with Crippen LogP contribution in [-0.2, 0) is 52.5 Å². The first-order chi connectivity index (χ1) is 14.1. The first-order valence-corrected chi connectivity index (χ1v) is 8.46. The molecule has 0 amide bonds. The number of esters is 4. The Morgan fingerprint density at radius 2 is 1.10 bits per heavy atom. The van der Waals surface area contributed by atoms with E-state index in [9.17, 15) is 28.8 Å². The summed E-state index contributed by atoms with van der Waals surface area (Å²) in [4.78, 5) is 70.7. The van der Waals surface area contributed by atoms with Crippen molar-refractivity contribution < 1.29 is 52.5 Å². The van der Waals surface area contributed by atoms with Gasteiger partial charge >= 0.3 is 23.9 Å². The van der Waals surface area contributed by atoms with E-state index in [1.165, 1.54) is 7.11 Å². The molecule has 11 heteroatoms. The van der Waals surface area contributed by atoms with Crippen LogP contribution in [-0.4, -0.2) is 77.1 Å². The van der Waals surface area contributed by atoms with E-state index in [1.54, 1.807) is 0 Å². The van der Waals surface area contributed by atoms with Crippen LogP contribution in [0.3, 0.4) is 0 Å². The third kappa shape index (κ3) is 8.78. The standard InChI is InChI=1S/C19H24O11/c1-26-11(8-13(19(25)30-5)15(21)10-17(23)28-3)6-7-12(18(24)29-4)14(20)9-16(22)27-2/h7-8,11H,6,9-10H2,1-5H3/b12-7-,13-8+/t11-/m0/s1. The molecule has 0 unspecified atom stereocenters. The van der Waals surface area contributed by atoms with E-state index >= 15 is 0 Å². The summed E-state index contributed by atoms with van der Waals surface area (Å²) >= 11 is 0. The van der Waals surface area contributed by atoms with Crippen molar-refractivity contribution in [1.29, 1.82) is 0 Å². The van der Waals surface area contributed by atoms with Crippen LogP contribution in [0.4, 0.5) is 0 Å². The maximum atomic E-state index is 12.2. The number of methoxy groups -OCH3 is 5. The highest BCUT2D eigenvalue weighted by Crippen LogP contribution is 2.13. The molecule has 0 aliphatic rings. The van der Waals surface area contributed by atoms with Crippen molar-refractivity contribution in [1.82, 2.24) is 0 Å². The van der Waals surface area contributed by atoms with E-state index in [4.69, 9.17) is 4.74 Å². The van der Waals surface area contributed by atoms with E-state index in [1.807, 2.05) is 0 Å². The van der Waals surface area contributed by atoms with Crippen molar-refractivity contribution in [2.75, 3.05) is 35.5 Å². The Morgan fingerprint density at radius 1 is 0.667 bits per heavy atom. The van der Waals surface area contributed by atoms with E-state index in [0.717, 1.165) is 40.6 Å². The van der Waals surface area contributed by atoms with Gasteiger partial charge in [-0.1, -0.05) is 6.08 Å². The van der Waals surface area contributed by atoms with Gasteiger partial charge < -0.3 is 23.7 Å². The molecular weight excluding hydrogens is 404 g/mol. The second-order valence-corrected chi connectivity index (χ2v) is 5.54. The molecule has 0 saturated carbocycles. The summed E-state index contributed by atoms with van der Waals surface area (Å²) in [6.45, 7) is 0. The molecule has 0 N–H and O–H groups in total. The molecule has 0 radical (unpaired) electrons. The number of ketones is 2. The maximum Gasteiger partial charge on any atom is 0.341 e. The quantitative estimate of drug-likeness (QED) is 0.134. The fourth-order valence-electron chi connectivity index (χ4n) is 2.05. The predicted octanol–water partition coefficient (Wildman–Crippen LogP) is -0.145. The summed E-state index contributed by atoms with van der Waals surface area (Å²) in [5, 5.41) is 0. The van der Waals surface area contributed by atoms with Crippen LogP contribution in [0.15, 0.2) is 23.3 Å². The molecule has 30 heavy (non-hydrogen) atoms. The Kier molecular flexibility index (Phi) is 12.2. The van der Waals surface area contributed by atoms with Crippen molar-refractivity contribution >= 4 is 35.4 Å². The van der Waals surface area contributed by atoms with Crippen molar-refractivity contribution in [3.05, 3.63) is 23.3 Å². The summed E-state index contributed by atoms with van der Waals surface area (Å²) in [5.74, 6) is -5.41. The molecule has 11 nitrogen and oxygen atoms in total. The maximum absolute atomic E-state index is 12.2. The Morgan fingerprint density at radius 3 is 1.50 bits per heavy atom. The summed E-state index contributed by atoms with van der Waals surface area (Å²) in [6.07, 6.45) is -0.273. The van der Waals surface area contributed by atoms with Crippen LogP contribution in [0.2, 0.25) is 0 Å². The van der Waals surface area contributed by atoms with Gasteiger partial charge in [0.15, 0.2) is 11.6 Å². The Bertz CT molecular complexity index is 746. The lowest BCUT2D eigenvalue weighted by molar-refractivity contribution is -0.145. The van der Waals surface area contributed by atoms with Crippen LogP contribution in [0, 0.1) is 0 Å². The fraction of sp³-hybridized carbons (Fsp3) is 0.474. The van der Waals surface area contributed by atoms with Crippen molar-refractivity contribution in [3.8, 4) is 0 Å². The molecule has 0 rings (SSSR count). The summed E-state index contributed by atoms with van der Waals surface area (Å²) in [6, 6.07) is 0. The number of hydrogen-bond donors (Lipinski definition) is 0. The Balaban J connectivity index is 5.78. The van der Waals surface area contributed by atoms with Crippen molar-refractivity contribution in [2.24, 2.45) is 0 Å². The van der Waals surface area contributed by atoms with E-state index in [0.29, 0.717) is 0 Å². The molecule has 0 aliphatic heterocycles. The third-order valence-corrected chi connectivity index (χ3v) is 3.69. The lowest BCUT2D eigenvalue weighted by atomic mass is 10.0. The van der Waals surface area contributed by atoms with Crippen molar-refractivity contribution in [2.45, 2.75) is 25.4 Å². The minimum atomic E-state index is -1.01. The van der Waals surface area contributed by atoms with E-state index in [2.05, 4.69) is 18.9 Å². The minimum Gasteiger partial charge on any atom is -0.469 e.